The molecule has 0 saturated carbocycles. The van der Waals surface area contributed by atoms with Gasteiger partial charge in [-0.1, -0.05) is 13.8 Å². The fourth-order valence-electron chi connectivity index (χ4n) is 4.80. The van der Waals surface area contributed by atoms with E-state index in [4.69, 9.17) is 14.2 Å². The molecule has 0 radical (unpaired) electrons. The maximum atomic E-state index is 14.3. The number of ether oxygens (including phenoxy) is 3. The summed E-state index contributed by atoms with van der Waals surface area (Å²) >= 11 is 0. The van der Waals surface area contributed by atoms with Crippen LogP contribution in [0.15, 0.2) is 12.1 Å². The molecule has 0 spiro atoms. The Balaban J connectivity index is 1.95. The summed E-state index contributed by atoms with van der Waals surface area (Å²) < 4.78 is 59.2. The van der Waals surface area contributed by atoms with Gasteiger partial charge in [0.15, 0.2) is 0 Å². The van der Waals surface area contributed by atoms with Gasteiger partial charge in [-0.3, -0.25) is 4.79 Å². The van der Waals surface area contributed by atoms with E-state index in [1.165, 1.54) is 11.0 Å². The van der Waals surface area contributed by atoms with Gasteiger partial charge < -0.3 is 19.1 Å². The number of likely N-dealkylation sites (tertiary alicyclic amines) is 1. The number of alkyl halides is 3. The molecule has 6 nitrogen and oxygen atoms in total. The molecule has 9 heteroatoms. The van der Waals surface area contributed by atoms with E-state index in [-0.39, 0.29) is 30.7 Å². The van der Waals surface area contributed by atoms with Crippen LogP contribution >= 0.6 is 0 Å². The highest BCUT2D eigenvalue weighted by Crippen LogP contribution is 2.46. The summed E-state index contributed by atoms with van der Waals surface area (Å²) in [5.74, 6) is -1.85. The molecule has 1 aromatic rings. The summed E-state index contributed by atoms with van der Waals surface area (Å²) in [5, 5.41) is 0. The van der Waals surface area contributed by atoms with Crippen molar-refractivity contribution in [3.05, 3.63) is 28.8 Å². The lowest BCUT2D eigenvalue weighted by Gasteiger charge is -2.37. The Hall–Kier alpha value is -2.45. The molecule has 1 atom stereocenters. The summed E-state index contributed by atoms with van der Waals surface area (Å²) in [5.41, 5.74) is -1.40. The Labute approximate surface area is 205 Å². The Kier molecular flexibility index (Phi) is 7.67. The number of piperidine rings is 1. The summed E-state index contributed by atoms with van der Waals surface area (Å²) in [6.07, 6.45) is -3.96. The second kappa shape index (κ2) is 9.90. The van der Waals surface area contributed by atoms with Crippen molar-refractivity contribution in [1.29, 1.82) is 0 Å². The number of rotatable bonds is 4. The fraction of sp³-hybridized carbons (Fsp3) is 0.692. The number of carbonyl (C=O) groups is 2. The molecule has 2 heterocycles. The van der Waals surface area contributed by atoms with Crippen molar-refractivity contribution in [2.45, 2.75) is 78.5 Å². The average Bonchev–Trinajstić information content (AvgIpc) is 2.72. The third-order valence-electron chi connectivity index (χ3n) is 6.36. The molecule has 0 bridgehead atoms. The van der Waals surface area contributed by atoms with Crippen molar-refractivity contribution in [3.63, 3.8) is 0 Å². The van der Waals surface area contributed by atoms with Crippen LogP contribution in [0, 0.1) is 11.3 Å². The zero-order valence-corrected chi connectivity index (χ0v) is 21.4. The van der Waals surface area contributed by atoms with Gasteiger partial charge in [0.2, 0.25) is 0 Å². The third-order valence-corrected chi connectivity index (χ3v) is 6.36. The van der Waals surface area contributed by atoms with Crippen LogP contribution in [0.5, 0.6) is 5.75 Å². The molecule has 3 rings (SSSR count). The first-order valence-corrected chi connectivity index (χ1v) is 12.1. The molecule has 0 N–H and O–H groups in total. The third kappa shape index (κ3) is 6.61. The van der Waals surface area contributed by atoms with Crippen LogP contribution in [0.2, 0.25) is 0 Å². The number of amides is 1. The lowest BCUT2D eigenvalue weighted by Crippen LogP contribution is -2.43. The zero-order chi connectivity index (χ0) is 26.2. The monoisotopic (exact) mass is 499 g/mol. The van der Waals surface area contributed by atoms with Gasteiger partial charge in [-0.05, 0) is 76.1 Å². The first-order valence-electron chi connectivity index (χ1n) is 12.1. The second-order valence-corrected chi connectivity index (χ2v) is 11.2. The zero-order valence-electron chi connectivity index (χ0n) is 21.4. The predicted molar refractivity (Wildman–Crippen MR) is 124 cm³/mol. The smallest absolute Gasteiger partial charge is 0.416 e. The summed E-state index contributed by atoms with van der Waals surface area (Å²) in [7, 11) is 0. The minimum Gasteiger partial charge on any atom is -0.493 e. The molecule has 0 aromatic heterocycles. The van der Waals surface area contributed by atoms with Crippen LogP contribution in [-0.4, -0.2) is 48.9 Å². The van der Waals surface area contributed by atoms with E-state index in [9.17, 15) is 22.8 Å². The molecule has 1 aromatic carbocycles. The number of hydrogen-bond donors (Lipinski definition) is 0. The average molecular weight is 500 g/mol. The molecule has 0 aliphatic carbocycles. The molecular weight excluding hydrogens is 463 g/mol. The van der Waals surface area contributed by atoms with Crippen LogP contribution in [0.25, 0.3) is 0 Å². The standard InChI is InChI=1S/C26H36F3NO5/c1-7-33-22(31)21(16-8-10-30(11-9-16)23(32)35-24(2,3)4)18-13-20-17(12-19(18)26(27,28)29)14-25(5,6)15-34-20/h12-13,16,21H,7-11,14-15H2,1-6H3/t21-/m1/s1. The summed E-state index contributed by atoms with van der Waals surface area (Å²) in [4.78, 5) is 27.0. The largest absolute Gasteiger partial charge is 0.493 e. The van der Waals surface area contributed by atoms with Crippen LogP contribution in [-0.2, 0) is 26.9 Å². The number of halogens is 3. The summed E-state index contributed by atoms with van der Waals surface area (Å²) in [6.45, 7) is 11.8. The lowest BCUT2D eigenvalue weighted by atomic mass is 9.76. The van der Waals surface area contributed by atoms with Gasteiger partial charge in [0.25, 0.3) is 0 Å². The lowest BCUT2D eigenvalue weighted by molar-refractivity contribution is -0.148. The van der Waals surface area contributed by atoms with Gasteiger partial charge in [-0.25, -0.2) is 4.79 Å². The molecular formula is C26H36F3NO5. The number of carbonyl (C=O) groups excluding carboxylic acids is 2. The van der Waals surface area contributed by atoms with Gasteiger partial charge in [-0.2, -0.15) is 13.2 Å². The molecule has 1 fully saturated rings. The number of esters is 1. The van der Waals surface area contributed by atoms with E-state index >= 15 is 0 Å². The first-order chi connectivity index (χ1) is 16.1. The minimum atomic E-state index is -4.64. The van der Waals surface area contributed by atoms with Crippen LogP contribution in [0.4, 0.5) is 18.0 Å². The molecule has 35 heavy (non-hydrogen) atoms. The Morgan fingerprint density at radius 3 is 2.34 bits per heavy atom. The minimum absolute atomic E-state index is 0.0586. The Morgan fingerprint density at radius 1 is 1.17 bits per heavy atom. The van der Waals surface area contributed by atoms with Crippen molar-refractivity contribution in [3.8, 4) is 5.75 Å². The van der Waals surface area contributed by atoms with Gasteiger partial charge in [0.05, 0.1) is 24.7 Å². The normalized spacial score (nSPS) is 19.4. The fourth-order valence-corrected chi connectivity index (χ4v) is 4.80. The molecule has 1 amide bonds. The molecule has 196 valence electrons. The SMILES string of the molecule is CCOC(=O)[C@@H](c1cc2c(cc1C(F)(F)F)CC(C)(C)CO2)C1CCN(C(=O)OC(C)(C)C)CC1. The van der Waals surface area contributed by atoms with Crippen LogP contribution in [0.3, 0.4) is 0 Å². The Bertz CT molecular complexity index is 944. The van der Waals surface area contributed by atoms with E-state index < -0.39 is 41.2 Å². The highest BCUT2D eigenvalue weighted by atomic mass is 19.4. The molecule has 2 aliphatic rings. The van der Waals surface area contributed by atoms with Gasteiger partial charge in [-0.15, -0.1) is 0 Å². The van der Waals surface area contributed by atoms with Gasteiger partial charge >= 0.3 is 18.2 Å². The maximum absolute atomic E-state index is 14.3. The first kappa shape index (κ1) is 27.1. The highest BCUT2D eigenvalue weighted by molar-refractivity contribution is 5.80. The van der Waals surface area contributed by atoms with E-state index in [2.05, 4.69) is 0 Å². The number of fused-ring (bicyclic) bond motifs is 1. The highest BCUT2D eigenvalue weighted by Gasteiger charge is 2.43. The molecule has 1 saturated heterocycles. The van der Waals surface area contributed by atoms with E-state index in [1.54, 1.807) is 27.7 Å². The molecule has 2 aliphatic heterocycles. The number of nitrogens with zero attached hydrogens (tertiary/aromatic N) is 1. The second-order valence-electron chi connectivity index (χ2n) is 11.2. The van der Waals surface area contributed by atoms with Crippen molar-refractivity contribution < 1.29 is 37.0 Å². The van der Waals surface area contributed by atoms with E-state index in [0.29, 0.717) is 37.2 Å². The van der Waals surface area contributed by atoms with Crippen molar-refractivity contribution in [2.24, 2.45) is 11.3 Å². The van der Waals surface area contributed by atoms with Crippen LogP contribution in [0.1, 0.15) is 77.0 Å². The number of benzene rings is 1. The topological polar surface area (TPSA) is 65.1 Å². The Morgan fingerprint density at radius 2 is 1.80 bits per heavy atom. The van der Waals surface area contributed by atoms with Crippen LogP contribution < -0.4 is 4.74 Å². The van der Waals surface area contributed by atoms with E-state index in [0.717, 1.165) is 6.07 Å². The quantitative estimate of drug-likeness (QED) is 0.478. The van der Waals surface area contributed by atoms with Crippen molar-refractivity contribution >= 4 is 12.1 Å². The number of hydrogen-bond acceptors (Lipinski definition) is 5. The maximum Gasteiger partial charge on any atom is 0.416 e. The summed E-state index contributed by atoms with van der Waals surface area (Å²) in [6, 6.07) is 2.52. The van der Waals surface area contributed by atoms with Crippen molar-refractivity contribution in [2.75, 3.05) is 26.3 Å². The molecule has 0 unspecified atom stereocenters. The van der Waals surface area contributed by atoms with E-state index in [1.807, 2.05) is 13.8 Å². The van der Waals surface area contributed by atoms with Gasteiger partial charge in [0, 0.05) is 18.5 Å². The van der Waals surface area contributed by atoms with Gasteiger partial charge in [0.1, 0.15) is 11.4 Å². The predicted octanol–water partition coefficient (Wildman–Crippen LogP) is 5.96. The van der Waals surface area contributed by atoms with Crippen molar-refractivity contribution in [1.82, 2.24) is 4.90 Å².